The Morgan fingerprint density at radius 3 is 2.41 bits per heavy atom. The fourth-order valence-electron chi connectivity index (χ4n) is 7.76. The summed E-state index contributed by atoms with van der Waals surface area (Å²) in [6.45, 7) is 15.1. The second-order valence-corrected chi connectivity index (χ2v) is 13.5. The van der Waals surface area contributed by atoms with Crippen LogP contribution in [0.3, 0.4) is 0 Å². The Bertz CT molecular complexity index is 1050. The number of imidazole rings is 1. The van der Waals surface area contributed by atoms with Gasteiger partial charge in [-0.2, -0.15) is 0 Å². The number of nitrogens with zero attached hydrogens (tertiary/aromatic N) is 2. The molecule has 3 aliphatic carbocycles. The van der Waals surface area contributed by atoms with E-state index >= 15 is 0 Å². The number of benzene rings is 1. The van der Waals surface area contributed by atoms with Gasteiger partial charge in [0.05, 0.1) is 11.0 Å². The highest BCUT2D eigenvalue weighted by molar-refractivity contribution is 5.78. The molecule has 1 aromatic heterocycles. The molecular weight excluding hydrogens is 418 g/mol. The summed E-state index contributed by atoms with van der Waals surface area (Å²) in [5, 5.41) is 3.47. The maximum atomic E-state index is 13.2. The van der Waals surface area contributed by atoms with E-state index in [1.54, 1.807) is 0 Å². The van der Waals surface area contributed by atoms with Crippen LogP contribution in [0.15, 0.2) is 24.3 Å². The van der Waals surface area contributed by atoms with Crippen LogP contribution in [0, 0.1) is 28.1 Å². The minimum atomic E-state index is 0.203. The van der Waals surface area contributed by atoms with E-state index < -0.39 is 0 Å². The van der Waals surface area contributed by atoms with E-state index in [-0.39, 0.29) is 11.3 Å². The molecule has 1 amide bonds. The number of fused-ring (bicyclic) bond motifs is 3. The Kier molecular flexibility index (Phi) is 5.89. The summed E-state index contributed by atoms with van der Waals surface area (Å²) in [4.78, 5) is 18.3. The molecular formula is C30H45N3O. The highest BCUT2D eigenvalue weighted by atomic mass is 16.1. The van der Waals surface area contributed by atoms with Gasteiger partial charge in [-0.05, 0) is 85.2 Å². The minimum Gasteiger partial charge on any atom is -0.353 e. The van der Waals surface area contributed by atoms with E-state index in [2.05, 4.69) is 75.7 Å². The highest BCUT2D eigenvalue weighted by Crippen LogP contribution is 2.65. The summed E-state index contributed by atoms with van der Waals surface area (Å²) < 4.78 is 2.36. The first-order valence-corrected chi connectivity index (χ1v) is 13.8. The molecule has 2 bridgehead atoms. The van der Waals surface area contributed by atoms with Crippen LogP contribution in [0.2, 0.25) is 0 Å². The number of para-hydroxylation sites is 2. The number of amides is 1. The predicted molar refractivity (Wildman–Crippen MR) is 140 cm³/mol. The van der Waals surface area contributed by atoms with Crippen LogP contribution >= 0.6 is 0 Å². The number of nitrogens with one attached hydrogen (secondary N) is 1. The summed E-state index contributed by atoms with van der Waals surface area (Å²) in [5.74, 6) is 3.44. The van der Waals surface area contributed by atoms with E-state index in [0.29, 0.717) is 29.2 Å². The molecule has 5 rings (SSSR count). The molecule has 0 spiro atoms. The van der Waals surface area contributed by atoms with Gasteiger partial charge in [0, 0.05) is 24.9 Å². The molecule has 4 heteroatoms. The summed E-state index contributed by atoms with van der Waals surface area (Å²) >= 11 is 0. The predicted octanol–water partition coefficient (Wildman–Crippen LogP) is 7.08. The number of hydrogen-bond acceptors (Lipinski definition) is 2. The summed E-state index contributed by atoms with van der Waals surface area (Å²) in [5.41, 5.74) is 3.18. The largest absolute Gasteiger partial charge is 0.353 e. The van der Waals surface area contributed by atoms with Crippen molar-refractivity contribution in [3.63, 3.8) is 0 Å². The normalized spacial score (nSPS) is 32.9. The topological polar surface area (TPSA) is 46.9 Å². The zero-order chi connectivity index (χ0) is 24.3. The van der Waals surface area contributed by atoms with Crippen LogP contribution in [-0.2, 0) is 11.3 Å². The maximum absolute atomic E-state index is 13.2. The molecule has 4 nitrogen and oxygen atoms in total. The molecule has 1 aromatic carbocycles. The second-order valence-electron chi connectivity index (χ2n) is 13.5. The van der Waals surface area contributed by atoms with Gasteiger partial charge in [0.2, 0.25) is 5.91 Å². The first-order chi connectivity index (χ1) is 16.0. The molecule has 186 valence electrons. The maximum Gasteiger partial charge on any atom is 0.222 e. The van der Waals surface area contributed by atoms with Crippen molar-refractivity contribution in [3.05, 3.63) is 30.1 Å². The van der Waals surface area contributed by atoms with Crippen molar-refractivity contribution in [2.24, 2.45) is 28.1 Å². The van der Waals surface area contributed by atoms with Crippen molar-refractivity contribution >= 4 is 16.9 Å². The summed E-state index contributed by atoms with van der Waals surface area (Å²) in [6, 6.07) is 8.78. The standard InChI is InChI=1S/C30H45N3O/c1-28(2,3)21-13-11-20(12-14-21)27-31-23-9-7-8-10-24(23)33(27)18-16-26(34)32-25-19-22-15-17-30(25,6)29(22,4)5/h7-10,20-22,25H,11-19H2,1-6H3,(H,32,34). The molecule has 0 aliphatic heterocycles. The zero-order valence-corrected chi connectivity index (χ0v) is 22.3. The molecule has 3 atom stereocenters. The van der Waals surface area contributed by atoms with Crippen LogP contribution in [-0.4, -0.2) is 21.5 Å². The molecule has 1 heterocycles. The smallest absolute Gasteiger partial charge is 0.222 e. The van der Waals surface area contributed by atoms with Crippen molar-refractivity contribution in [2.75, 3.05) is 0 Å². The number of aryl methyl sites for hydroxylation is 1. The fraction of sp³-hybridized carbons (Fsp3) is 0.733. The average molecular weight is 464 g/mol. The van der Waals surface area contributed by atoms with Crippen molar-refractivity contribution in [3.8, 4) is 0 Å². The molecule has 1 N–H and O–H groups in total. The van der Waals surface area contributed by atoms with Gasteiger partial charge in [0.25, 0.3) is 0 Å². The van der Waals surface area contributed by atoms with Gasteiger partial charge >= 0.3 is 0 Å². The SMILES string of the molecule is CC(C)(C)C1CCC(c2nc3ccccc3n2CCC(=O)NC2CC3CCC2(C)C3(C)C)CC1. The number of rotatable bonds is 5. The fourth-order valence-corrected chi connectivity index (χ4v) is 7.76. The quantitative estimate of drug-likeness (QED) is 0.515. The number of carbonyl (C=O) groups is 1. The lowest BCUT2D eigenvalue weighted by Crippen LogP contribution is -2.47. The molecule has 3 unspecified atom stereocenters. The monoisotopic (exact) mass is 463 g/mol. The number of aromatic nitrogens is 2. The number of carbonyl (C=O) groups excluding carboxylic acids is 1. The second kappa shape index (κ2) is 8.38. The van der Waals surface area contributed by atoms with Crippen molar-refractivity contribution in [1.82, 2.24) is 14.9 Å². The Balaban J connectivity index is 1.29. The van der Waals surface area contributed by atoms with E-state index in [1.165, 1.54) is 49.9 Å². The van der Waals surface area contributed by atoms with Crippen LogP contribution in [0.4, 0.5) is 0 Å². The first kappa shape index (κ1) is 23.9. The van der Waals surface area contributed by atoms with Gasteiger partial charge in [-0.3, -0.25) is 4.79 Å². The van der Waals surface area contributed by atoms with Gasteiger partial charge in [-0.1, -0.05) is 53.7 Å². The highest BCUT2D eigenvalue weighted by Gasteiger charge is 2.61. The third-order valence-corrected chi connectivity index (χ3v) is 10.7. The third-order valence-electron chi connectivity index (χ3n) is 10.7. The van der Waals surface area contributed by atoms with Crippen molar-refractivity contribution < 1.29 is 4.79 Å². The van der Waals surface area contributed by atoms with Crippen molar-refractivity contribution in [1.29, 1.82) is 0 Å². The van der Waals surface area contributed by atoms with Gasteiger partial charge in [-0.15, -0.1) is 0 Å². The Morgan fingerprint density at radius 1 is 1.09 bits per heavy atom. The van der Waals surface area contributed by atoms with Gasteiger partial charge in [-0.25, -0.2) is 4.98 Å². The van der Waals surface area contributed by atoms with Crippen molar-refractivity contribution in [2.45, 2.75) is 111 Å². The molecule has 0 radical (unpaired) electrons. The molecule has 0 saturated heterocycles. The van der Waals surface area contributed by atoms with E-state index in [4.69, 9.17) is 4.98 Å². The molecule has 3 saturated carbocycles. The summed E-state index contributed by atoms with van der Waals surface area (Å²) in [6.07, 6.45) is 9.18. The Labute approximate surface area is 206 Å². The van der Waals surface area contributed by atoms with Gasteiger partial charge < -0.3 is 9.88 Å². The van der Waals surface area contributed by atoms with Gasteiger partial charge in [0.15, 0.2) is 0 Å². The lowest BCUT2D eigenvalue weighted by Gasteiger charge is -2.39. The van der Waals surface area contributed by atoms with E-state index in [1.807, 2.05) is 0 Å². The first-order valence-electron chi connectivity index (χ1n) is 13.8. The van der Waals surface area contributed by atoms with Crippen LogP contribution in [0.1, 0.15) is 105 Å². The molecule has 34 heavy (non-hydrogen) atoms. The summed E-state index contributed by atoms with van der Waals surface area (Å²) in [7, 11) is 0. The Morgan fingerprint density at radius 2 is 1.79 bits per heavy atom. The Hall–Kier alpha value is -1.84. The molecule has 3 aliphatic rings. The van der Waals surface area contributed by atoms with Crippen LogP contribution in [0.5, 0.6) is 0 Å². The van der Waals surface area contributed by atoms with Crippen LogP contribution in [0.25, 0.3) is 11.0 Å². The lowest BCUT2D eigenvalue weighted by molar-refractivity contribution is -0.123. The molecule has 3 fully saturated rings. The minimum absolute atomic E-state index is 0.203. The third kappa shape index (κ3) is 3.89. The average Bonchev–Trinajstić information content (AvgIpc) is 3.33. The van der Waals surface area contributed by atoms with E-state index in [0.717, 1.165) is 30.3 Å². The zero-order valence-electron chi connectivity index (χ0n) is 22.3. The van der Waals surface area contributed by atoms with Crippen LogP contribution < -0.4 is 5.32 Å². The van der Waals surface area contributed by atoms with Gasteiger partial charge in [0.1, 0.15) is 5.82 Å². The number of hydrogen-bond donors (Lipinski definition) is 1. The van der Waals surface area contributed by atoms with E-state index in [9.17, 15) is 4.79 Å². The lowest BCUT2D eigenvalue weighted by atomic mass is 9.69. The molecule has 2 aromatic rings.